The first-order valence-corrected chi connectivity index (χ1v) is 16.5. The third-order valence-electron chi connectivity index (χ3n) is 9.16. The molecule has 5 heterocycles. The lowest BCUT2D eigenvalue weighted by Crippen LogP contribution is -2.61. The highest BCUT2D eigenvalue weighted by molar-refractivity contribution is 7.91. The summed E-state index contributed by atoms with van der Waals surface area (Å²) in [4.78, 5) is 10.8. The van der Waals surface area contributed by atoms with Gasteiger partial charge in [-0.05, 0) is 50.2 Å². The highest BCUT2D eigenvalue weighted by atomic mass is 35.5. The van der Waals surface area contributed by atoms with Gasteiger partial charge in [0.1, 0.15) is 11.9 Å². The first-order chi connectivity index (χ1) is 19.6. The second kappa shape index (κ2) is 11.2. The van der Waals surface area contributed by atoms with Gasteiger partial charge in [0.15, 0.2) is 9.84 Å². The number of hydrogen-bond donors (Lipinski definition) is 2. The van der Waals surface area contributed by atoms with Gasteiger partial charge in [-0.2, -0.15) is 5.26 Å². The van der Waals surface area contributed by atoms with Gasteiger partial charge in [-0.15, -0.1) is 0 Å². The van der Waals surface area contributed by atoms with E-state index in [-0.39, 0.29) is 53.2 Å². The molecule has 3 saturated heterocycles. The summed E-state index contributed by atoms with van der Waals surface area (Å²) in [5, 5.41) is 10.9. The quantitative estimate of drug-likeness (QED) is 0.492. The first kappa shape index (κ1) is 29.1. The van der Waals surface area contributed by atoms with E-state index in [0.717, 1.165) is 18.4 Å². The first-order valence-electron chi connectivity index (χ1n) is 14.0. The Balaban J connectivity index is 1.18. The summed E-state index contributed by atoms with van der Waals surface area (Å²) >= 11 is 12.8. The summed E-state index contributed by atoms with van der Waals surface area (Å²) in [6, 6.07) is 4.31. The minimum atomic E-state index is -3.00. The predicted molar refractivity (Wildman–Crippen MR) is 155 cm³/mol. The molecule has 5 unspecified atom stereocenters. The highest BCUT2D eigenvalue weighted by Crippen LogP contribution is 2.45. The predicted octanol–water partition coefficient (Wildman–Crippen LogP) is 3.76. The number of anilines is 1. The number of nitriles is 1. The minimum absolute atomic E-state index is 0.0767. The molecular formula is C28H34Cl2N6O4S. The van der Waals surface area contributed by atoms with E-state index in [4.69, 9.17) is 37.7 Å². The van der Waals surface area contributed by atoms with Crippen molar-refractivity contribution in [2.75, 3.05) is 36.6 Å². The standard InChI is InChI=1S/C28H34Cl2N6O4S/c1-16(25-20(29)11-32-12-21(25)30)40-24-7-19-22(8-23(24)39-2)34-35-26(19)18-6-17(9-31)27(33-10-18)36-13-28(14-36)4-3-5-41(37,38)15-28/h6,10-12,16,19,22-24,26,34-35H,3-5,7-8,13-15H2,1-2H3/t16-,19?,22?,23?,24?,26?/m1/s1. The minimum Gasteiger partial charge on any atom is -0.379 e. The van der Waals surface area contributed by atoms with Crippen molar-refractivity contribution in [3.63, 3.8) is 0 Å². The number of pyridine rings is 2. The molecular weight excluding hydrogens is 587 g/mol. The number of ether oxygens (including phenoxy) is 2. The van der Waals surface area contributed by atoms with Crippen molar-refractivity contribution in [1.82, 2.24) is 20.8 Å². The van der Waals surface area contributed by atoms with Crippen LogP contribution in [0.15, 0.2) is 24.7 Å². The number of halogens is 2. The van der Waals surface area contributed by atoms with Crippen LogP contribution in [0, 0.1) is 22.7 Å². The molecule has 2 aromatic rings. The summed E-state index contributed by atoms with van der Waals surface area (Å²) in [6.07, 6.45) is 7.33. The van der Waals surface area contributed by atoms with Crippen molar-refractivity contribution in [1.29, 1.82) is 5.26 Å². The van der Waals surface area contributed by atoms with Crippen molar-refractivity contribution >= 4 is 38.9 Å². The van der Waals surface area contributed by atoms with Crippen LogP contribution in [0.1, 0.15) is 61.4 Å². The van der Waals surface area contributed by atoms with Gasteiger partial charge in [-0.3, -0.25) is 10.4 Å². The van der Waals surface area contributed by atoms with E-state index in [2.05, 4.69) is 21.9 Å². The van der Waals surface area contributed by atoms with Crippen molar-refractivity contribution < 1.29 is 17.9 Å². The molecule has 4 aliphatic rings. The molecule has 1 spiro atoms. The Kier molecular flexibility index (Phi) is 7.96. The summed E-state index contributed by atoms with van der Waals surface area (Å²) in [7, 11) is -1.31. The van der Waals surface area contributed by atoms with Crippen LogP contribution in [0.5, 0.6) is 0 Å². The molecule has 1 saturated carbocycles. The van der Waals surface area contributed by atoms with Crippen molar-refractivity contribution in [3.05, 3.63) is 51.4 Å². The van der Waals surface area contributed by atoms with Crippen molar-refractivity contribution in [2.24, 2.45) is 11.3 Å². The molecule has 1 aliphatic carbocycles. The van der Waals surface area contributed by atoms with Gasteiger partial charge < -0.3 is 14.4 Å². The van der Waals surface area contributed by atoms with E-state index < -0.39 is 9.84 Å². The molecule has 4 fully saturated rings. The zero-order chi connectivity index (χ0) is 28.9. The second-order valence-corrected chi connectivity index (χ2v) is 14.9. The summed E-state index contributed by atoms with van der Waals surface area (Å²) in [6.45, 7) is 3.16. The summed E-state index contributed by atoms with van der Waals surface area (Å²) < 4.78 is 36.8. The monoisotopic (exact) mass is 620 g/mol. The van der Waals surface area contributed by atoms with Crippen LogP contribution in [0.4, 0.5) is 5.82 Å². The lowest BCUT2D eigenvalue weighted by Gasteiger charge is -2.52. The average Bonchev–Trinajstić information content (AvgIpc) is 3.33. The van der Waals surface area contributed by atoms with Crippen LogP contribution >= 0.6 is 23.2 Å². The zero-order valence-corrected chi connectivity index (χ0v) is 25.3. The number of methoxy groups -OCH3 is 1. The molecule has 6 atom stereocenters. The molecule has 10 nitrogen and oxygen atoms in total. The Morgan fingerprint density at radius 2 is 1.93 bits per heavy atom. The van der Waals surface area contributed by atoms with E-state index in [1.165, 1.54) is 0 Å². The van der Waals surface area contributed by atoms with Gasteiger partial charge in [0.25, 0.3) is 0 Å². The third kappa shape index (κ3) is 5.56. The Hall–Kier alpha value is -2.04. The molecule has 0 amide bonds. The van der Waals surface area contributed by atoms with E-state index in [1.54, 1.807) is 19.5 Å². The fourth-order valence-corrected chi connectivity index (χ4v) is 9.94. The van der Waals surface area contributed by atoms with Gasteiger partial charge in [-0.25, -0.2) is 18.8 Å². The molecule has 220 valence electrons. The maximum Gasteiger partial charge on any atom is 0.151 e. The smallest absolute Gasteiger partial charge is 0.151 e. The molecule has 41 heavy (non-hydrogen) atoms. The third-order valence-corrected chi connectivity index (χ3v) is 11.7. The number of nitrogens with zero attached hydrogens (tertiary/aromatic N) is 4. The van der Waals surface area contributed by atoms with Crippen molar-refractivity contribution in [3.8, 4) is 6.07 Å². The lowest BCUT2D eigenvalue weighted by molar-refractivity contribution is -0.117. The number of sulfone groups is 1. The number of hydrazine groups is 1. The largest absolute Gasteiger partial charge is 0.379 e. The lowest BCUT2D eigenvalue weighted by atomic mass is 9.76. The van der Waals surface area contributed by atoms with Crippen LogP contribution < -0.4 is 15.8 Å². The Morgan fingerprint density at radius 1 is 1.17 bits per heavy atom. The fourth-order valence-electron chi connectivity index (χ4n) is 7.28. The highest BCUT2D eigenvalue weighted by Gasteiger charge is 2.49. The SMILES string of the molecule is COC1CC2NNC(c3cnc(N4CC5(CCCS(=O)(=O)C5)C4)c(C#N)c3)C2CC1O[C@H](C)c1c(Cl)cncc1Cl. The number of aromatic nitrogens is 2. The number of hydrogen-bond acceptors (Lipinski definition) is 10. The number of rotatable bonds is 6. The average molecular weight is 622 g/mol. The van der Waals surface area contributed by atoms with Gasteiger partial charge in [0.2, 0.25) is 0 Å². The number of nitrogens with one attached hydrogen (secondary N) is 2. The second-order valence-electron chi connectivity index (χ2n) is 11.9. The van der Waals surface area contributed by atoms with Crippen LogP contribution in [0.3, 0.4) is 0 Å². The summed E-state index contributed by atoms with van der Waals surface area (Å²) in [5.41, 5.74) is 8.75. The molecule has 2 aromatic heterocycles. The van der Waals surface area contributed by atoms with Gasteiger partial charge in [0.05, 0.1) is 51.5 Å². The van der Waals surface area contributed by atoms with E-state index in [9.17, 15) is 13.7 Å². The van der Waals surface area contributed by atoms with E-state index in [1.807, 2.05) is 24.1 Å². The Morgan fingerprint density at radius 3 is 2.61 bits per heavy atom. The zero-order valence-electron chi connectivity index (χ0n) is 23.0. The van der Waals surface area contributed by atoms with Gasteiger partial charge >= 0.3 is 0 Å². The van der Waals surface area contributed by atoms with Crippen LogP contribution in [-0.4, -0.2) is 68.3 Å². The Labute approximate surface area is 250 Å². The van der Waals surface area contributed by atoms with Crippen LogP contribution in [0.2, 0.25) is 10.0 Å². The van der Waals surface area contributed by atoms with Crippen LogP contribution in [-0.2, 0) is 19.3 Å². The molecule has 13 heteroatoms. The molecule has 0 bridgehead atoms. The van der Waals surface area contributed by atoms with E-state index in [0.29, 0.717) is 52.9 Å². The molecule has 0 radical (unpaired) electrons. The fraction of sp³-hybridized carbons (Fsp3) is 0.607. The molecule has 2 N–H and O–H groups in total. The Bertz CT molecular complexity index is 1440. The van der Waals surface area contributed by atoms with Crippen LogP contribution in [0.25, 0.3) is 0 Å². The molecule has 0 aromatic carbocycles. The van der Waals surface area contributed by atoms with E-state index >= 15 is 0 Å². The normalized spacial score (nSPS) is 30.8. The number of fused-ring (bicyclic) bond motifs is 1. The summed E-state index contributed by atoms with van der Waals surface area (Å²) in [5.74, 6) is 1.29. The molecule has 6 rings (SSSR count). The topological polar surface area (TPSA) is 129 Å². The van der Waals surface area contributed by atoms with Crippen molar-refractivity contribution in [2.45, 2.75) is 63.0 Å². The maximum absolute atomic E-state index is 12.2. The maximum atomic E-state index is 12.2. The molecule has 3 aliphatic heterocycles. The van der Waals surface area contributed by atoms with Gasteiger partial charge in [-0.1, -0.05) is 23.2 Å². The van der Waals surface area contributed by atoms with Gasteiger partial charge in [0, 0.05) is 55.8 Å².